The van der Waals surface area contributed by atoms with Crippen molar-refractivity contribution >= 4 is 34.8 Å². The molecule has 1 aromatic carbocycles. The summed E-state index contributed by atoms with van der Waals surface area (Å²) in [5.41, 5.74) is 6.56. The molecule has 0 bridgehead atoms. The first kappa shape index (κ1) is 17.9. The van der Waals surface area contributed by atoms with Crippen LogP contribution in [0.15, 0.2) is 24.3 Å². The molecule has 0 spiro atoms. The highest BCUT2D eigenvalue weighted by Gasteiger charge is 2.11. The first-order chi connectivity index (χ1) is 10.2. The standard InChI is InChI=1S/C15H22N4O2S/c1-10(20)16-12-7-5-11(6-8-12)9-13(21)18-19-14(22)17-15(2,3)4/h5-8H,9H2,1-4H3,(H,16,20)(H,18,21)(H2,17,19,22). The van der Waals surface area contributed by atoms with Crippen molar-refractivity contribution in [2.24, 2.45) is 0 Å². The number of benzene rings is 1. The Balaban J connectivity index is 2.42. The third kappa shape index (κ3) is 7.58. The molecule has 0 saturated carbocycles. The number of nitrogens with one attached hydrogen (secondary N) is 4. The van der Waals surface area contributed by atoms with Gasteiger partial charge in [-0.1, -0.05) is 12.1 Å². The molecule has 0 fully saturated rings. The molecular weight excluding hydrogens is 300 g/mol. The van der Waals surface area contributed by atoms with E-state index in [1.165, 1.54) is 6.92 Å². The van der Waals surface area contributed by atoms with Crippen LogP contribution < -0.4 is 21.5 Å². The highest BCUT2D eigenvalue weighted by atomic mass is 32.1. The monoisotopic (exact) mass is 322 g/mol. The van der Waals surface area contributed by atoms with Crippen molar-refractivity contribution in [2.75, 3.05) is 5.32 Å². The van der Waals surface area contributed by atoms with Crippen molar-refractivity contribution in [3.63, 3.8) is 0 Å². The summed E-state index contributed by atoms with van der Waals surface area (Å²) in [4.78, 5) is 22.7. The zero-order valence-corrected chi connectivity index (χ0v) is 14.1. The van der Waals surface area contributed by atoms with E-state index in [9.17, 15) is 9.59 Å². The molecule has 0 atom stereocenters. The van der Waals surface area contributed by atoms with E-state index in [-0.39, 0.29) is 23.8 Å². The van der Waals surface area contributed by atoms with Crippen molar-refractivity contribution in [1.82, 2.24) is 16.2 Å². The van der Waals surface area contributed by atoms with E-state index in [1.54, 1.807) is 24.3 Å². The van der Waals surface area contributed by atoms with E-state index in [4.69, 9.17) is 12.2 Å². The molecule has 6 nitrogen and oxygen atoms in total. The van der Waals surface area contributed by atoms with Crippen LogP contribution in [0.2, 0.25) is 0 Å². The normalized spacial score (nSPS) is 10.5. The zero-order valence-electron chi connectivity index (χ0n) is 13.2. The quantitative estimate of drug-likeness (QED) is 0.501. The molecule has 120 valence electrons. The molecule has 0 saturated heterocycles. The molecule has 2 amide bonds. The average Bonchev–Trinajstić information content (AvgIpc) is 2.36. The summed E-state index contributed by atoms with van der Waals surface area (Å²) in [7, 11) is 0. The summed E-state index contributed by atoms with van der Waals surface area (Å²) < 4.78 is 0. The molecule has 0 aliphatic heterocycles. The number of hydrazine groups is 1. The van der Waals surface area contributed by atoms with Crippen molar-refractivity contribution < 1.29 is 9.59 Å². The predicted molar refractivity (Wildman–Crippen MR) is 91.2 cm³/mol. The molecule has 4 N–H and O–H groups in total. The first-order valence-corrected chi connectivity index (χ1v) is 7.30. The number of anilines is 1. The summed E-state index contributed by atoms with van der Waals surface area (Å²) in [5, 5.41) is 6.06. The molecule has 0 unspecified atom stereocenters. The largest absolute Gasteiger partial charge is 0.357 e. The van der Waals surface area contributed by atoms with E-state index < -0.39 is 0 Å². The Morgan fingerprint density at radius 2 is 1.68 bits per heavy atom. The van der Waals surface area contributed by atoms with Gasteiger partial charge in [-0.2, -0.15) is 0 Å². The summed E-state index contributed by atoms with van der Waals surface area (Å²) >= 11 is 5.07. The van der Waals surface area contributed by atoms with Gasteiger partial charge in [0.05, 0.1) is 6.42 Å². The third-order valence-corrected chi connectivity index (χ3v) is 2.65. The van der Waals surface area contributed by atoms with Gasteiger partial charge in [-0.15, -0.1) is 0 Å². The predicted octanol–water partition coefficient (Wildman–Crippen LogP) is 1.48. The molecule has 0 heterocycles. The molecular formula is C15H22N4O2S. The van der Waals surface area contributed by atoms with Gasteiger partial charge in [0.1, 0.15) is 0 Å². The number of amides is 2. The minimum absolute atomic E-state index is 0.130. The van der Waals surface area contributed by atoms with E-state index in [2.05, 4.69) is 21.5 Å². The van der Waals surface area contributed by atoms with Crippen LogP contribution in [0.5, 0.6) is 0 Å². The lowest BCUT2D eigenvalue weighted by Crippen LogP contribution is -2.52. The second-order valence-corrected chi connectivity index (χ2v) is 6.34. The van der Waals surface area contributed by atoms with Crippen LogP contribution in [0.1, 0.15) is 33.3 Å². The fraction of sp³-hybridized carbons (Fsp3) is 0.400. The summed E-state index contributed by atoms with van der Waals surface area (Å²) in [5.74, 6) is -0.333. The fourth-order valence-corrected chi connectivity index (χ4v) is 1.99. The van der Waals surface area contributed by atoms with Gasteiger partial charge in [-0.05, 0) is 50.7 Å². The van der Waals surface area contributed by atoms with Gasteiger partial charge in [0, 0.05) is 18.2 Å². The maximum absolute atomic E-state index is 11.8. The second kappa shape index (κ2) is 7.74. The summed E-state index contributed by atoms with van der Waals surface area (Å²) in [6.07, 6.45) is 0.214. The summed E-state index contributed by atoms with van der Waals surface area (Å²) in [6.45, 7) is 7.36. The molecule has 0 radical (unpaired) electrons. The maximum atomic E-state index is 11.8. The lowest BCUT2D eigenvalue weighted by atomic mass is 10.1. The molecule has 7 heteroatoms. The van der Waals surface area contributed by atoms with Crippen LogP contribution in [-0.4, -0.2) is 22.5 Å². The van der Waals surface area contributed by atoms with Crippen molar-refractivity contribution in [1.29, 1.82) is 0 Å². The van der Waals surface area contributed by atoms with Gasteiger partial charge in [-0.3, -0.25) is 20.4 Å². The lowest BCUT2D eigenvalue weighted by molar-refractivity contribution is -0.121. The Labute approximate surface area is 136 Å². The van der Waals surface area contributed by atoms with E-state index >= 15 is 0 Å². The number of thiocarbonyl (C=S) groups is 1. The highest BCUT2D eigenvalue weighted by molar-refractivity contribution is 7.80. The number of rotatable bonds is 3. The molecule has 0 aliphatic carbocycles. The van der Waals surface area contributed by atoms with Gasteiger partial charge in [0.25, 0.3) is 0 Å². The second-order valence-electron chi connectivity index (χ2n) is 5.93. The first-order valence-electron chi connectivity index (χ1n) is 6.89. The maximum Gasteiger partial charge on any atom is 0.242 e. The van der Waals surface area contributed by atoms with E-state index in [1.807, 2.05) is 20.8 Å². The van der Waals surface area contributed by atoms with Gasteiger partial charge >= 0.3 is 0 Å². The van der Waals surface area contributed by atoms with Gasteiger partial charge < -0.3 is 10.6 Å². The van der Waals surface area contributed by atoms with Gasteiger partial charge in [0.15, 0.2) is 5.11 Å². The minimum atomic E-state index is -0.203. The summed E-state index contributed by atoms with van der Waals surface area (Å²) in [6, 6.07) is 7.08. The Kier molecular flexibility index (Phi) is 6.30. The Morgan fingerprint density at radius 1 is 1.09 bits per heavy atom. The highest BCUT2D eigenvalue weighted by Crippen LogP contribution is 2.09. The number of carbonyl (C=O) groups is 2. The topological polar surface area (TPSA) is 82.3 Å². The molecule has 1 rings (SSSR count). The SMILES string of the molecule is CC(=O)Nc1ccc(CC(=O)NNC(=S)NC(C)(C)C)cc1. The molecule has 0 aliphatic rings. The van der Waals surface area contributed by atoms with Crippen LogP contribution in [0.3, 0.4) is 0 Å². The number of hydrogen-bond acceptors (Lipinski definition) is 3. The third-order valence-electron chi connectivity index (χ3n) is 2.44. The van der Waals surface area contributed by atoms with Crippen LogP contribution in [-0.2, 0) is 16.0 Å². The van der Waals surface area contributed by atoms with Crippen LogP contribution >= 0.6 is 12.2 Å². The molecule has 22 heavy (non-hydrogen) atoms. The Morgan fingerprint density at radius 3 is 2.18 bits per heavy atom. The Hall–Kier alpha value is -2.15. The molecule has 1 aromatic rings. The van der Waals surface area contributed by atoms with Crippen molar-refractivity contribution in [2.45, 2.75) is 39.7 Å². The van der Waals surface area contributed by atoms with Gasteiger partial charge in [0.2, 0.25) is 11.8 Å². The van der Waals surface area contributed by atoms with Gasteiger partial charge in [-0.25, -0.2) is 0 Å². The molecule has 0 aromatic heterocycles. The van der Waals surface area contributed by atoms with Crippen molar-refractivity contribution in [3.05, 3.63) is 29.8 Å². The van der Waals surface area contributed by atoms with E-state index in [0.29, 0.717) is 10.8 Å². The van der Waals surface area contributed by atoms with Crippen LogP contribution in [0, 0.1) is 0 Å². The number of hydrogen-bond donors (Lipinski definition) is 4. The van der Waals surface area contributed by atoms with Crippen LogP contribution in [0.25, 0.3) is 0 Å². The van der Waals surface area contributed by atoms with Crippen LogP contribution in [0.4, 0.5) is 5.69 Å². The zero-order chi connectivity index (χ0) is 16.8. The average molecular weight is 322 g/mol. The van der Waals surface area contributed by atoms with Crippen molar-refractivity contribution in [3.8, 4) is 0 Å². The minimum Gasteiger partial charge on any atom is -0.357 e. The lowest BCUT2D eigenvalue weighted by Gasteiger charge is -2.23. The van der Waals surface area contributed by atoms with E-state index in [0.717, 1.165) is 5.56 Å². The number of carbonyl (C=O) groups excluding carboxylic acids is 2. The fourth-order valence-electron chi connectivity index (χ4n) is 1.64. The Bertz CT molecular complexity index is 550. The smallest absolute Gasteiger partial charge is 0.242 e.